The third-order valence-electron chi connectivity index (χ3n) is 4.03. The third-order valence-corrected chi connectivity index (χ3v) is 4.03. The molecule has 0 spiro atoms. The van der Waals surface area contributed by atoms with Crippen LogP contribution in [-0.4, -0.2) is 63.7 Å². The molecular weight excluding hydrogens is 350 g/mol. The molecule has 0 fully saturated rings. The molecule has 1 heterocycles. The van der Waals surface area contributed by atoms with Gasteiger partial charge in [0.05, 0.1) is 39.8 Å². The number of aliphatic hydroxyl groups excluding tert-OH is 1. The van der Waals surface area contributed by atoms with Crippen LogP contribution >= 0.6 is 0 Å². The molecule has 0 aliphatic heterocycles. The largest absolute Gasteiger partial charge is 0.497 e. The summed E-state index contributed by atoms with van der Waals surface area (Å²) in [5, 5.41) is 10.3. The van der Waals surface area contributed by atoms with Gasteiger partial charge >= 0.3 is 0 Å². The first-order valence-corrected chi connectivity index (χ1v) is 8.86. The summed E-state index contributed by atoms with van der Waals surface area (Å²) in [4.78, 5) is 2.11. The zero-order valence-corrected chi connectivity index (χ0v) is 16.2. The van der Waals surface area contributed by atoms with E-state index in [2.05, 4.69) is 4.90 Å². The smallest absolute Gasteiger partial charge is 0.129 e. The first-order valence-electron chi connectivity index (χ1n) is 8.86. The van der Waals surface area contributed by atoms with Crippen LogP contribution in [0.3, 0.4) is 0 Å². The second kappa shape index (κ2) is 11.6. The van der Waals surface area contributed by atoms with Crippen molar-refractivity contribution in [1.29, 1.82) is 0 Å². The SMILES string of the molecule is COCCN(Cc1cc(OC)cc(OC)c1)C[C@H](O)COCc1ccco1. The van der Waals surface area contributed by atoms with Gasteiger partial charge in [0.2, 0.25) is 0 Å². The van der Waals surface area contributed by atoms with Gasteiger partial charge in [-0.25, -0.2) is 0 Å². The predicted molar refractivity (Wildman–Crippen MR) is 101 cm³/mol. The predicted octanol–water partition coefficient (Wildman–Crippen LogP) is 2.32. The van der Waals surface area contributed by atoms with Crippen molar-refractivity contribution in [3.8, 4) is 11.5 Å². The highest BCUT2D eigenvalue weighted by atomic mass is 16.5. The number of ether oxygens (including phenoxy) is 4. The summed E-state index contributed by atoms with van der Waals surface area (Å²) in [5.74, 6) is 2.21. The summed E-state index contributed by atoms with van der Waals surface area (Å²) in [6.45, 7) is 2.92. The van der Waals surface area contributed by atoms with Gasteiger partial charge in [-0.2, -0.15) is 0 Å². The zero-order valence-electron chi connectivity index (χ0n) is 16.2. The molecule has 1 aromatic carbocycles. The standard InChI is InChI=1S/C20H29NO6/c1-23-8-6-21(12-16-9-19(24-2)11-20(10-16)25-3)13-17(22)14-26-15-18-5-4-7-27-18/h4-5,7,9-11,17,22H,6,8,12-15H2,1-3H3/t17-/m0/s1. The Kier molecular flexibility index (Phi) is 9.13. The number of benzene rings is 1. The van der Waals surface area contributed by atoms with Crippen LogP contribution in [0.25, 0.3) is 0 Å². The molecule has 1 N–H and O–H groups in total. The van der Waals surface area contributed by atoms with Gasteiger partial charge in [-0.15, -0.1) is 0 Å². The average molecular weight is 379 g/mol. The topological polar surface area (TPSA) is 73.5 Å². The number of hydrogen-bond donors (Lipinski definition) is 1. The molecule has 7 nitrogen and oxygen atoms in total. The summed E-state index contributed by atoms with van der Waals surface area (Å²) in [6.07, 6.45) is 0.980. The summed E-state index contributed by atoms with van der Waals surface area (Å²) in [6, 6.07) is 9.40. The lowest BCUT2D eigenvalue weighted by molar-refractivity contribution is 0.000475. The van der Waals surface area contributed by atoms with E-state index in [0.717, 1.165) is 22.8 Å². The summed E-state index contributed by atoms with van der Waals surface area (Å²) >= 11 is 0. The van der Waals surface area contributed by atoms with Crippen LogP contribution in [0, 0.1) is 0 Å². The number of rotatable bonds is 13. The molecule has 0 amide bonds. The molecule has 1 aromatic heterocycles. The Balaban J connectivity index is 1.91. The fourth-order valence-electron chi connectivity index (χ4n) is 2.71. The maximum absolute atomic E-state index is 10.3. The maximum Gasteiger partial charge on any atom is 0.129 e. The molecule has 2 aromatic rings. The lowest BCUT2D eigenvalue weighted by atomic mass is 10.1. The Hall–Kier alpha value is -2.06. The number of furan rings is 1. The van der Waals surface area contributed by atoms with E-state index < -0.39 is 6.10 Å². The number of nitrogens with zero attached hydrogens (tertiary/aromatic N) is 1. The second-order valence-corrected chi connectivity index (χ2v) is 6.20. The molecule has 27 heavy (non-hydrogen) atoms. The van der Waals surface area contributed by atoms with Crippen molar-refractivity contribution in [2.45, 2.75) is 19.3 Å². The highest BCUT2D eigenvalue weighted by Gasteiger charge is 2.14. The number of aliphatic hydroxyl groups is 1. The highest BCUT2D eigenvalue weighted by Crippen LogP contribution is 2.23. The van der Waals surface area contributed by atoms with Gasteiger partial charge in [0.15, 0.2) is 0 Å². The van der Waals surface area contributed by atoms with Crippen LogP contribution in [0.5, 0.6) is 11.5 Å². The van der Waals surface area contributed by atoms with Crippen molar-refractivity contribution in [3.05, 3.63) is 47.9 Å². The zero-order chi connectivity index (χ0) is 19.5. The first-order chi connectivity index (χ1) is 13.1. The van der Waals surface area contributed by atoms with Crippen molar-refractivity contribution >= 4 is 0 Å². The van der Waals surface area contributed by atoms with Gasteiger partial charge in [-0.05, 0) is 29.8 Å². The molecule has 0 saturated heterocycles. The number of hydrogen-bond acceptors (Lipinski definition) is 7. The van der Waals surface area contributed by atoms with Crippen LogP contribution in [-0.2, 0) is 22.6 Å². The molecule has 0 radical (unpaired) electrons. The van der Waals surface area contributed by atoms with E-state index in [0.29, 0.717) is 32.8 Å². The molecule has 0 saturated carbocycles. The van der Waals surface area contributed by atoms with E-state index in [9.17, 15) is 5.11 Å². The van der Waals surface area contributed by atoms with Crippen LogP contribution in [0.15, 0.2) is 41.0 Å². The Morgan fingerprint density at radius 3 is 2.44 bits per heavy atom. The molecule has 1 atom stereocenters. The van der Waals surface area contributed by atoms with Crippen LogP contribution in [0.1, 0.15) is 11.3 Å². The monoisotopic (exact) mass is 379 g/mol. The summed E-state index contributed by atoms with van der Waals surface area (Å²) in [7, 11) is 4.92. The van der Waals surface area contributed by atoms with Gasteiger partial charge in [0.1, 0.15) is 23.9 Å². The highest BCUT2D eigenvalue weighted by molar-refractivity contribution is 5.38. The third kappa shape index (κ3) is 7.60. The molecular formula is C20H29NO6. The minimum Gasteiger partial charge on any atom is -0.497 e. The van der Waals surface area contributed by atoms with Crippen LogP contribution < -0.4 is 9.47 Å². The Morgan fingerprint density at radius 2 is 1.85 bits per heavy atom. The normalized spacial score (nSPS) is 12.3. The van der Waals surface area contributed by atoms with Gasteiger partial charge in [-0.3, -0.25) is 4.90 Å². The van der Waals surface area contributed by atoms with Crippen molar-refractivity contribution in [3.63, 3.8) is 0 Å². The molecule has 150 valence electrons. The van der Waals surface area contributed by atoms with E-state index >= 15 is 0 Å². The second-order valence-electron chi connectivity index (χ2n) is 6.20. The molecule has 7 heteroatoms. The van der Waals surface area contributed by atoms with Crippen LogP contribution in [0.4, 0.5) is 0 Å². The minimum atomic E-state index is -0.621. The van der Waals surface area contributed by atoms with Gasteiger partial charge in [-0.1, -0.05) is 0 Å². The Labute approximate surface area is 160 Å². The van der Waals surface area contributed by atoms with E-state index in [4.69, 9.17) is 23.4 Å². The lowest BCUT2D eigenvalue weighted by Gasteiger charge is -2.25. The van der Waals surface area contributed by atoms with Crippen molar-refractivity contribution < 1.29 is 28.5 Å². The summed E-state index contributed by atoms with van der Waals surface area (Å²) in [5.41, 5.74) is 1.03. The van der Waals surface area contributed by atoms with Crippen molar-refractivity contribution in [2.75, 3.05) is 47.6 Å². The quantitative estimate of drug-likeness (QED) is 0.572. The Morgan fingerprint density at radius 1 is 1.11 bits per heavy atom. The molecule has 0 bridgehead atoms. The first kappa shape index (κ1) is 21.2. The van der Waals surface area contributed by atoms with Gasteiger partial charge in [0.25, 0.3) is 0 Å². The Bertz CT molecular complexity index is 624. The lowest BCUT2D eigenvalue weighted by Crippen LogP contribution is -2.36. The number of methoxy groups -OCH3 is 3. The fourth-order valence-corrected chi connectivity index (χ4v) is 2.71. The summed E-state index contributed by atoms with van der Waals surface area (Å²) < 4.78 is 26.6. The molecule has 0 unspecified atom stereocenters. The molecule has 0 aliphatic rings. The average Bonchev–Trinajstić information content (AvgIpc) is 3.19. The van der Waals surface area contributed by atoms with Crippen molar-refractivity contribution in [2.24, 2.45) is 0 Å². The van der Waals surface area contributed by atoms with Gasteiger partial charge in [0, 0.05) is 32.8 Å². The maximum atomic E-state index is 10.3. The van der Waals surface area contributed by atoms with Gasteiger partial charge < -0.3 is 28.5 Å². The van der Waals surface area contributed by atoms with E-state index in [1.54, 1.807) is 27.6 Å². The molecule has 0 aliphatic carbocycles. The van der Waals surface area contributed by atoms with E-state index in [1.165, 1.54) is 0 Å². The van der Waals surface area contributed by atoms with Crippen molar-refractivity contribution in [1.82, 2.24) is 4.90 Å². The van der Waals surface area contributed by atoms with Crippen LogP contribution in [0.2, 0.25) is 0 Å². The minimum absolute atomic E-state index is 0.228. The van der Waals surface area contributed by atoms with E-state index in [1.807, 2.05) is 30.3 Å². The van der Waals surface area contributed by atoms with E-state index in [-0.39, 0.29) is 6.61 Å². The molecule has 2 rings (SSSR count). The fraction of sp³-hybridized carbons (Fsp3) is 0.500.